The lowest BCUT2D eigenvalue weighted by Crippen LogP contribution is -2.24. The lowest BCUT2D eigenvalue weighted by molar-refractivity contribution is 0.101. The Hall–Kier alpha value is -3.56. The van der Waals surface area contributed by atoms with E-state index in [4.69, 9.17) is 4.74 Å². The summed E-state index contributed by atoms with van der Waals surface area (Å²) in [5.74, 6) is -3.45. The van der Waals surface area contributed by atoms with Crippen molar-refractivity contribution in [1.82, 2.24) is 14.3 Å². The van der Waals surface area contributed by atoms with Gasteiger partial charge in [0.25, 0.3) is 5.91 Å². The van der Waals surface area contributed by atoms with Crippen molar-refractivity contribution in [2.24, 2.45) is 7.05 Å². The molecule has 1 atom stereocenters. The molecule has 0 saturated carbocycles. The standard InChI is InChI=1S/C23H25F3N4O3/c1-5-8-13(3)33-19-12-18(30-23(32)29(4)20(6-2)28-30)17(26)11-14(19)22(31)27-21-15(24)9-7-10-16(21)25/h7,9-13H,5-6,8H2,1-4H3,(H,27,31). The third-order valence-corrected chi connectivity index (χ3v) is 5.13. The van der Waals surface area contributed by atoms with Crippen molar-refractivity contribution in [2.45, 2.75) is 46.1 Å². The lowest BCUT2D eigenvalue weighted by atomic mass is 10.1. The van der Waals surface area contributed by atoms with Gasteiger partial charge in [0.15, 0.2) is 0 Å². The van der Waals surface area contributed by atoms with Crippen LogP contribution >= 0.6 is 0 Å². The van der Waals surface area contributed by atoms with Crippen molar-refractivity contribution >= 4 is 11.6 Å². The van der Waals surface area contributed by atoms with Gasteiger partial charge in [0, 0.05) is 19.5 Å². The molecular weight excluding hydrogens is 437 g/mol. The maximum Gasteiger partial charge on any atom is 0.350 e. The van der Waals surface area contributed by atoms with Gasteiger partial charge < -0.3 is 10.1 Å². The second-order valence-electron chi connectivity index (χ2n) is 7.59. The van der Waals surface area contributed by atoms with E-state index in [2.05, 4.69) is 10.4 Å². The largest absolute Gasteiger partial charge is 0.490 e. The maximum absolute atomic E-state index is 15.1. The molecule has 0 aliphatic carbocycles. The Balaban J connectivity index is 2.10. The summed E-state index contributed by atoms with van der Waals surface area (Å²) in [5.41, 5.74) is -1.71. The molecule has 3 rings (SSSR count). The van der Waals surface area contributed by atoms with Crippen LogP contribution in [0, 0.1) is 17.5 Å². The lowest BCUT2D eigenvalue weighted by Gasteiger charge is -2.18. The highest BCUT2D eigenvalue weighted by molar-refractivity contribution is 6.06. The number of carbonyl (C=O) groups excluding carboxylic acids is 1. The summed E-state index contributed by atoms with van der Waals surface area (Å²) in [6, 6.07) is 5.20. The fourth-order valence-electron chi connectivity index (χ4n) is 3.40. The number of para-hydroxylation sites is 1. The van der Waals surface area contributed by atoms with Crippen LogP contribution in [0.3, 0.4) is 0 Å². The molecule has 0 bridgehead atoms. The summed E-state index contributed by atoms with van der Waals surface area (Å²) in [6.45, 7) is 5.52. The van der Waals surface area contributed by atoms with E-state index in [0.29, 0.717) is 18.7 Å². The van der Waals surface area contributed by atoms with Crippen LogP contribution in [-0.2, 0) is 13.5 Å². The molecule has 0 aliphatic rings. The van der Waals surface area contributed by atoms with Gasteiger partial charge in [0.2, 0.25) is 0 Å². The average Bonchev–Trinajstić information content (AvgIpc) is 3.05. The van der Waals surface area contributed by atoms with Crippen molar-refractivity contribution in [2.75, 3.05) is 5.32 Å². The molecule has 0 spiro atoms. The molecule has 7 nitrogen and oxygen atoms in total. The molecule has 3 aromatic rings. The van der Waals surface area contributed by atoms with Gasteiger partial charge in [-0.05, 0) is 31.5 Å². The number of aryl methyl sites for hydroxylation is 1. The Morgan fingerprint density at radius 2 is 1.82 bits per heavy atom. The molecule has 176 valence electrons. The van der Waals surface area contributed by atoms with Crippen molar-refractivity contribution in [3.05, 3.63) is 69.7 Å². The number of amides is 1. The molecular formula is C23H25F3N4O3. The Morgan fingerprint density at radius 1 is 1.15 bits per heavy atom. The van der Waals surface area contributed by atoms with Gasteiger partial charge in [-0.2, -0.15) is 4.68 Å². The highest BCUT2D eigenvalue weighted by Gasteiger charge is 2.23. The van der Waals surface area contributed by atoms with Crippen LogP contribution in [0.4, 0.5) is 18.9 Å². The van der Waals surface area contributed by atoms with E-state index in [1.807, 2.05) is 6.92 Å². The minimum absolute atomic E-state index is 0.0443. The quantitative estimate of drug-likeness (QED) is 0.539. The number of hydrogen-bond acceptors (Lipinski definition) is 4. The number of anilines is 1. The fourth-order valence-corrected chi connectivity index (χ4v) is 3.40. The monoisotopic (exact) mass is 462 g/mol. The molecule has 0 aliphatic heterocycles. The molecule has 1 N–H and O–H groups in total. The number of aromatic nitrogens is 3. The van der Waals surface area contributed by atoms with Crippen molar-refractivity contribution in [1.29, 1.82) is 0 Å². The van der Waals surface area contributed by atoms with Gasteiger partial charge in [-0.15, -0.1) is 5.10 Å². The second-order valence-corrected chi connectivity index (χ2v) is 7.59. The minimum atomic E-state index is -0.977. The Bertz CT molecular complexity index is 1220. The summed E-state index contributed by atoms with van der Waals surface area (Å²) in [4.78, 5) is 25.4. The SMILES string of the molecule is CCCC(C)Oc1cc(-n2nc(CC)n(C)c2=O)c(F)cc1C(=O)Nc1c(F)cccc1F. The molecule has 0 radical (unpaired) electrons. The predicted octanol–water partition coefficient (Wildman–Crippen LogP) is 4.37. The van der Waals surface area contributed by atoms with Gasteiger partial charge in [-0.1, -0.05) is 26.3 Å². The number of carbonyl (C=O) groups is 1. The second kappa shape index (κ2) is 9.93. The molecule has 10 heteroatoms. The zero-order valence-corrected chi connectivity index (χ0v) is 18.8. The first-order chi connectivity index (χ1) is 15.7. The van der Waals surface area contributed by atoms with E-state index in [9.17, 15) is 18.4 Å². The summed E-state index contributed by atoms with van der Waals surface area (Å²) in [7, 11) is 1.52. The van der Waals surface area contributed by atoms with Crippen LogP contribution in [0.2, 0.25) is 0 Å². The van der Waals surface area contributed by atoms with Gasteiger partial charge in [-0.25, -0.2) is 18.0 Å². The van der Waals surface area contributed by atoms with Crippen LogP contribution in [0.15, 0.2) is 35.1 Å². The number of halogens is 3. The molecule has 1 aromatic heterocycles. The third-order valence-electron chi connectivity index (χ3n) is 5.13. The van der Waals surface area contributed by atoms with E-state index in [-0.39, 0.29) is 23.1 Å². The Morgan fingerprint density at radius 3 is 2.39 bits per heavy atom. The first-order valence-electron chi connectivity index (χ1n) is 10.6. The van der Waals surface area contributed by atoms with E-state index < -0.39 is 34.7 Å². The fraction of sp³-hybridized carbons (Fsp3) is 0.348. The van der Waals surface area contributed by atoms with Crippen LogP contribution in [0.1, 0.15) is 49.8 Å². The summed E-state index contributed by atoms with van der Waals surface area (Å²) >= 11 is 0. The van der Waals surface area contributed by atoms with Crippen LogP contribution in [0.25, 0.3) is 5.69 Å². The highest BCUT2D eigenvalue weighted by Crippen LogP contribution is 2.28. The molecule has 0 saturated heterocycles. The van der Waals surface area contributed by atoms with Gasteiger partial charge in [-0.3, -0.25) is 9.36 Å². The molecule has 0 fully saturated rings. The number of hydrogen-bond donors (Lipinski definition) is 1. The van der Waals surface area contributed by atoms with E-state index >= 15 is 4.39 Å². The highest BCUT2D eigenvalue weighted by atomic mass is 19.1. The van der Waals surface area contributed by atoms with E-state index in [1.165, 1.54) is 17.7 Å². The first-order valence-corrected chi connectivity index (χ1v) is 10.6. The maximum atomic E-state index is 15.1. The van der Waals surface area contributed by atoms with Crippen LogP contribution in [-0.4, -0.2) is 26.4 Å². The normalized spacial score (nSPS) is 12.0. The van der Waals surface area contributed by atoms with E-state index in [0.717, 1.165) is 35.4 Å². The number of nitrogens with one attached hydrogen (secondary N) is 1. The van der Waals surface area contributed by atoms with Crippen molar-refractivity contribution in [3.8, 4) is 11.4 Å². The van der Waals surface area contributed by atoms with Crippen molar-refractivity contribution < 1.29 is 22.7 Å². The van der Waals surface area contributed by atoms with Gasteiger partial charge >= 0.3 is 5.69 Å². The zero-order chi connectivity index (χ0) is 24.3. The van der Waals surface area contributed by atoms with Crippen LogP contribution < -0.4 is 15.7 Å². The molecule has 1 heterocycles. The molecule has 2 aromatic carbocycles. The Labute approximate surface area is 188 Å². The molecule has 33 heavy (non-hydrogen) atoms. The van der Waals surface area contributed by atoms with Gasteiger partial charge in [0.1, 0.15) is 40.4 Å². The number of benzene rings is 2. The molecule has 1 amide bonds. The number of nitrogens with zero attached hydrogens (tertiary/aromatic N) is 3. The van der Waals surface area contributed by atoms with E-state index in [1.54, 1.807) is 13.8 Å². The molecule has 1 unspecified atom stereocenters. The van der Waals surface area contributed by atoms with Crippen LogP contribution in [0.5, 0.6) is 5.75 Å². The summed E-state index contributed by atoms with van der Waals surface area (Å²) in [6.07, 6.45) is 1.53. The third kappa shape index (κ3) is 4.94. The number of ether oxygens (including phenoxy) is 1. The zero-order valence-electron chi connectivity index (χ0n) is 18.8. The average molecular weight is 462 g/mol. The van der Waals surface area contributed by atoms with Gasteiger partial charge in [0.05, 0.1) is 11.7 Å². The number of rotatable bonds is 8. The summed E-state index contributed by atoms with van der Waals surface area (Å²) < 4.78 is 51.2. The Kier molecular flexibility index (Phi) is 7.25. The topological polar surface area (TPSA) is 78.2 Å². The minimum Gasteiger partial charge on any atom is -0.490 e. The van der Waals surface area contributed by atoms with Crippen molar-refractivity contribution in [3.63, 3.8) is 0 Å². The predicted molar refractivity (Wildman–Crippen MR) is 117 cm³/mol. The summed E-state index contributed by atoms with van der Waals surface area (Å²) in [5, 5.41) is 6.29. The smallest absolute Gasteiger partial charge is 0.350 e. The first kappa shape index (κ1) is 24.1.